The number of nitrogens with zero attached hydrogens (tertiary/aromatic N) is 2. The number of aromatic nitrogens is 2. The molecule has 0 bridgehead atoms. The molecule has 1 fully saturated rings. The average molecular weight is 266 g/mol. The molecule has 1 aliphatic rings. The first-order chi connectivity index (χ1) is 9.72. The van der Waals surface area contributed by atoms with Crippen LogP contribution in [0.1, 0.15) is 18.4 Å². The molecule has 2 aromatic rings. The van der Waals surface area contributed by atoms with Gasteiger partial charge >= 0.3 is 0 Å². The van der Waals surface area contributed by atoms with Crippen molar-refractivity contribution in [3.8, 4) is 12.3 Å². The van der Waals surface area contributed by atoms with Gasteiger partial charge in [-0.2, -0.15) is 0 Å². The second kappa shape index (κ2) is 4.82. The number of pyridine rings is 2. The highest BCUT2D eigenvalue weighted by Crippen LogP contribution is 2.31. The van der Waals surface area contributed by atoms with Gasteiger partial charge in [0.05, 0.1) is 5.56 Å². The Morgan fingerprint density at radius 1 is 1.35 bits per heavy atom. The molecule has 5 nitrogen and oxygen atoms in total. The Morgan fingerprint density at radius 2 is 2.15 bits per heavy atom. The van der Waals surface area contributed by atoms with E-state index in [9.17, 15) is 4.79 Å². The van der Waals surface area contributed by atoms with Crippen LogP contribution in [-0.2, 0) is 4.79 Å². The van der Waals surface area contributed by atoms with Crippen molar-refractivity contribution in [1.82, 2.24) is 9.97 Å². The van der Waals surface area contributed by atoms with Crippen molar-refractivity contribution in [2.45, 2.75) is 12.8 Å². The molecular weight excluding hydrogens is 252 g/mol. The predicted molar refractivity (Wildman–Crippen MR) is 78.4 cm³/mol. The van der Waals surface area contributed by atoms with Gasteiger partial charge in [0.1, 0.15) is 11.6 Å². The molecule has 1 amide bonds. The summed E-state index contributed by atoms with van der Waals surface area (Å²) in [7, 11) is 1.79. The monoisotopic (exact) mass is 266 g/mol. The number of hydrogen-bond acceptors (Lipinski definition) is 4. The van der Waals surface area contributed by atoms with Gasteiger partial charge in [-0.25, -0.2) is 9.97 Å². The van der Waals surface area contributed by atoms with E-state index in [0.717, 1.165) is 23.6 Å². The summed E-state index contributed by atoms with van der Waals surface area (Å²) in [6, 6.07) is 1.80. The van der Waals surface area contributed by atoms with E-state index < -0.39 is 0 Å². The predicted octanol–water partition coefficient (Wildman–Crippen LogP) is 2.00. The lowest BCUT2D eigenvalue weighted by atomic mass is 10.1. The molecule has 0 atom stereocenters. The third kappa shape index (κ3) is 2.16. The largest absolute Gasteiger partial charge is 0.373 e. The van der Waals surface area contributed by atoms with Crippen molar-refractivity contribution in [2.24, 2.45) is 5.92 Å². The molecule has 1 saturated carbocycles. The number of anilines is 2. The van der Waals surface area contributed by atoms with Gasteiger partial charge in [-0.05, 0) is 18.9 Å². The second-order valence-electron chi connectivity index (χ2n) is 4.79. The quantitative estimate of drug-likeness (QED) is 0.834. The molecule has 5 heteroatoms. The third-order valence-electron chi connectivity index (χ3n) is 3.36. The number of fused-ring (bicyclic) bond motifs is 1. The van der Waals surface area contributed by atoms with Crippen LogP contribution in [0.15, 0.2) is 18.5 Å². The van der Waals surface area contributed by atoms with E-state index in [1.807, 2.05) is 0 Å². The highest BCUT2D eigenvalue weighted by Gasteiger charge is 2.29. The Hall–Kier alpha value is -2.61. The van der Waals surface area contributed by atoms with Gasteiger partial charge in [-0.1, -0.05) is 5.92 Å². The fraction of sp³-hybridized carbons (Fsp3) is 0.267. The highest BCUT2D eigenvalue weighted by molar-refractivity contribution is 5.99. The summed E-state index contributed by atoms with van der Waals surface area (Å²) < 4.78 is 0. The van der Waals surface area contributed by atoms with E-state index >= 15 is 0 Å². The molecule has 0 saturated heterocycles. The van der Waals surface area contributed by atoms with E-state index in [0.29, 0.717) is 17.2 Å². The lowest BCUT2D eigenvalue weighted by Crippen LogP contribution is -2.14. The highest BCUT2D eigenvalue weighted by atomic mass is 16.2. The number of amides is 1. The van der Waals surface area contributed by atoms with Gasteiger partial charge in [-0.15, -0.1) is 6.42 Å². The Balaban J connectivity index is 2.04. The zero-order valence-electron chi connectivity index (χ0n) is 11.1. The normalized spacial score (nSPS) is 13.8. The van der Waals surface area contributed by atoms with E-state index in [1.165, 1.54) is 0 Å². The number of hydrogen-bond donors (Lipinski definition) is 2. The SMILES string of the molecule is C#Cc1cnc(NC)c2cnc(NC(=O)C3CC3)cc12. The maximum Gasteiger partial charge on any atom is 0.228 e. The second-order valence-corrected chi connectivity index (χ2v) is 4.79. The molecule has 100 valence electrons. The van der Waals surface area contributed by atoms with Gasteiger partial charge in [0.25, 0.3) is 0 Å². The van der Waals surface area contributed by atoms with Crippen molar-refractivity contribution in [2.75, 3.05) is 17.7 Å². The van der Waals surface area contributed by atoms with Crippen LogP contribution in [0.2, 0.25) is 0 Å². The summed E-state index contributed by atoms with van der Waals surface area (Å²) in [6.45, 7) is 0. The van der Waals surface area contributed by atoms with Crippen molar-refractivity contribution in [3.63, 3.8) is 0 Å². The smallest absolute Gasteiger partial charge is 0.228 e. The minimum Gasteiger partial charge on any atom is -0.373 e. The summed E-state index contributed by atoms with van der Waals surface area (Å²) in [5, 5.41) is 7.52. The first kappa shape index (κ1) is 12.4. The third-order valence-corrected chi connectivity index (χ3v) is 3.36. The molecule has 0 unspecified atom stereocenters. The number of terminal acetylenes is 1. The van der Waals surface area contributed by atoms with Gasteiger partial charge in [0.15, 0.2) is 0 Å². The van der Waals surface area contributed by atoms with Crippen LogP contribution < -0.4 is 10.6 Å². The van der Waals surface area contributed by atoms with Crippen LogP contribution >= 0.6 is 0 Å². The summed E-state index contributed by atoms with van der Waals surface area (Å²) in [4.78, 5) is 20.3. The minimum atomic E-state index is 0.0296. The maximum atomic E-state index is 11.8. The van der Waals surface area contributed by atoms with E-state index in [-0.39, 0.29) is 11.8 Å². The number of carbonyl (C=O) groups excluding carboxylic acids is 1. The fourth-order valence-electron chi connectivity index (χ4n) is 2.09. The van der Waals surface area contributed by atoms with Crippen molar-refractivity contribution >= 4 is 28.3 Å². The molecule has 1 aliphatic carbocycles. The molecule has 0 radical (unpaired) electrons. The Morgan fingerprint density at radius 3 is 2.80 bits per heavy atom. The number of nitrogens with one attached hydrogen (secondary N) is 2. The molecule has 2 heterocycles. The standard InChI is InChI=1S/C15H14N4O/c1-3-9-7-18-14(16-2)12-8-17-13(6-11(9)12)19-15(20)10-4-5-10/h1,6-8,10H,4-5H2,2H3,(H,16,18)(H,17,19,20). The molecule has 3 rings (SSSR count). The van der Waals surface area contributed by atoms with Crippen LogP contribution in [0.4, 0.5) is 11.6 Å². The summed E-state index contributed by atoms with van der Waals surface area (Å²) in [6.07, 6.45) is 10.7. The molecule has 0 aromatic carbocycles. The molecular formula is C15H14N4O. The zero-order valence-corrected chi connectivity index (χ0v) is 11.1. The lowest BCUT2D eigenvalue weighted by molar-refractivity contribution is -0.117. The van der Waals surface area contributed by atoms with E-state index in [1.54, 1.807) is 25.5 Å². The van der Waals surface area contributed by atoms with E-state index in [2.05, 4.69) is 26.5 Å². The Labute approximate surface area is 116 Å². The minimum absolute atomic E-state index is 0.0296. The van der Waals surface area contributed by atoms with Crippen LogP contribution in [0.25, 0.3) is 10.8 Å². The van der Waals surface area contributed by atoms with Crippen LogP contribution in [0, 0.1) is 18.3 Å². The maximum absolute atomic E-state index is 11.8. The molecule has 20 heavy (non-hydrogen) atoms. The zero-order chi connectivity index (χ0) is 14.1. The average Bonchev–Trinajstić information content (AvgIpc) is 3.30. The van der Waals surface area contributed by atoms with Crippen LogP contribution in [0.5, 0.6) is 0 Å². The first-order valence-electron chi connectivity index (χ1n) is 6.47. The Kier molecular flexibility index (Phi) is 2.99. The first-order valence-corrected chi connectivity index (χ1v) is 6.47. The summed E-state index contributed by atoms with van der Waals surface area (Å²) >= 11 is 0. The topological polar surface area (TPSA) is 66.9 Å². The summed E-state index contributed by atoms with van der Waals surface area (Å²) in [5.74, 6) is 4.02. The molecule has 2 aromatic heterocycles. The van der Waals surface area contributed by atoms with Crippen LogP contribution in [-0.4, -0.2) is 22.9 Å². The van der Waals surface area contributed by atoms with Gasteiger partial charge in [-0.3, -0.25) is 4.79 Å². The van der Waals surface area contributed by atoms with Gasteiger partial charge in [0, 0.05) is 36.1 Å². The van der Waals surface area contributed by atoms with Crippen molar-refractivity contribution in [1.29, 1.82) is 0 Å². The molecule has 0 aliphatic heterocycles. The van der Waals surface area contributed by atoms with Gasteiger partial charge in [0.2, 0.25) is 5.91 Å². The Bertz CT molecular complexity index is 728. The fourth-order valence-corrected chi connectivity index (χ4v) is 2.09. The number of rotatable bonds is 3. The van der Waals surface area contributed by atoms with Crippen LogP contribution in [0.3, 0.4) is 0 Å². The van der Waals surface area contributed by atoms with Crippen molar-refractivity contribution < 1.29 is 4.79 Å². The van der Waals surface area contributed by atoms with Gasteiger partial charge < -0.3 is 10.6 Å². The molecule has 0 spiro atoms. The lowest BCUT2D eigenvalue weighted by Gasteiger charge is -2.09. The molecule has 2 N–H and O–H groups in total. The van der Waals surface area contributed by atoms with E-state index in [4.69, 9.17) is 6.42 Å². The number of carbonyl (C=O) groups is 1. The summed E-state index contributed by atoms with van der Waals surface area (Å²) in [5.41, 5.74) is 0.684. The van der Waals surface area contributed by atoms with Crippen molar-refractivity contribution in [3.05, 3.63) is 24.0 Å².